The zero-order valence-corrected chi connectivity index (χ0v) is 31.9. The van der Waals surface area contributed by atoms with E-state index in [0.29, 0.717) is 34.6 Å². The monoisotopic (exact) mass is 752 g/mol. The zero-order valence-electron chi connectivity index (χ0n) is 31.0. The fourth-order valence-electron chi connectivity index (χ4n) is 7.11. The minimum Gasteiger partial charge on any atom is -0.367 e. The summed E-state index contributed by atoms with van der Waals surface area (Å²) in [5.41, 5.74) is 5.94. The molecule has 2 saturated carbocycles. The third kappa shape index (κ3) is 11.2. The molecular formula is C46H49ClN6O2. The van der Waals surface area contributed by atoms with Crippen LogP contribution in [0.2, 0.25) is 0 Å². The first-order valence-electron chi connectivity index (χ1n) is 19.3. The van der Waals surface area contributed by atoms with Crippen LogP contribution in [-0.2, 0) is 0 Å². The molecule has 0 heterocycles. The van der Waals surface area contributed by atoms with Crippen molar-refractivity contribution in [3.63, 3.8) is 0 Å². The van der Waals surface area contributed by atoms with E-state index in [9.17, 15) is 9.59 Å². The molecule has 2 aliphatic rings. The number of amidine groups is 2. The Bertz CT molecular complexity index is 1890. The highest BCUT2D eigenvalue weighted by molar-refractivity contribution is 6.07. The van der Waals surface area contributed by atoms with Crippen LogP contribution in [-0.4, -0.2) is 35.6 Å². The quantitative estimate of drug-likeness (QED) is 0.0841. The van der Waals surface area contributed by atoms with Crippen molar-refractivity contribution in [1.82, 2.24) is 10.6 Å². The number of nitrogens with zero attached hydrogens (tertiary/aromatic N) is 2. The number of hydrogen-bond donors (Lipinski definition) is 4. The van der Waals surface area contributed by atoms with Crippen molar-refractivity contribution in [1.29, 1.82) is 0 Å². The number of halogens is 1. The van der Waals surface area contributed by atoms with E-state index in [1.165, 1.54) is 38.5 Å². The first kappa shape index (κ1) is 39.0. The summed E-state index contributed by atoms with van der Waals surface area (Å²) >= 11 is 0. The molecule has 0 radical (unpaired) electrons. The van der Waals surface area contributed by atoms with Gasteiger partial charge in [-0.05, 0) is 98.5 Å². The third-order valence-corrected chi connectivity index (χ3v) is 10.1. The Labute approximate surface area is 330 Å². The summed E-state index contributed by atoms with van der Waals surface area (Å²) in [5.74, 6) is 1.21. The average molecular weight is 753 g/mol. The number of nitrogens with one attached hydrogen (secondary N) is 4. The number of benzene rings is 5. The summed E-state index contributed by atoms with van der Waals surface area (Å²) in [4.78, 5) is 36.1. The van der Waals surface area contributed by atoms with E-state index >= 15 is 0 Å². The van der Waals surface area contributed by atoms with Crippen LogP contribution >= 0.6 is 12.4 Å². The predicted molar refractivity (Wildman–Crippen MR) is 228 cm³/mol. The molecule has 0 aromatic heterocycles. The van der Waals surface area contributed by atoms with Crippen molar-refractivity contribution in [2.75, 3.05) is 10.6 Å². The number of hydrogen-bond acceptors (Lipinski definition) is 4. The Morgan fingerprint density at radius 3 is 1.11 bits per heavy atom. The molecule has 0 bridgehead atoms. The maximum absolute atomic E-state index is 13.1. The molecular weight excluding hydrogens is 704 g/mol. The summed E-state index contributed by atoms with van der Waals surface area (Å²) in [6, 6.07) is 43.0. The Kier molecular flexibility index (Phi) is 13.9. The van der Waals surface area contributed by atoms with Gasteiger partial charge in [0.1, 0.15) is 11.7 Å². The molecule has 9 heteroatoms. The second-order valence-electron chi connectivity index (χ2n) is 14.2. The van der Waals surface area contributed by atoms with Gasteiger partial charge in [-0.1, -0.05) is 99.2 Å². The molecule has 0 spiro atoms. The van der Waals surface area contributed by atoms with E-state index in [1.54, 1.807) is 24.3 Å². The molecule has 2 aliphatic carbocycles. The van der Waals surface area contributed by atoms with E-state index < -0.39 is 0 Å². The first-order chi connectivity index (χ1) is 26.6. The van der Waals surface area contributed by atoms with Crippen molar-refractivity contribution in [3.05, 3.63) is 156 Å². The molecule has 0 atom stereocenters. The van der Waals surface area contributed by atoms with Crippen LogP contribution in [0.5, 0.6) is 0 Å². The van der Waals surface area contributed by atoms with E-state index in [0.717, 1.165) is 59.9 Å². The normalized spacial score (nSPS) is 15.3. The van der Waals surface area contributed by atoms with Gasteiger partial charge in [-0.3, -0.25) is 9.59 Å². The van der Waals surface area contributed by atoms with E-state index in [-0.39, 0.29) is 24.2 Å². The average Bonchev–Trinajstić information content (AvgIpc) is 3.23. The molecule has 0 saturated heterocycles. The van der Waals surface area contributed by atoms with Gasteiger partial charge in [-0.25, -0.2) is 9.98 Å². The van der Waals surface area contributed by atoms with Gasteiger partial charge in [0, 0.05) is 45.7 Å². The van der Waals surface area contributed by atoms with Gasteiger partial charge in [0.05, 0.1) is 11.4 Å². The summed E-state index contributed by atoms with van der Waals surface area (Å²) < 4.78 is 0. The van der Waals surface area contributed by atoms with Gasteiger partial charge < -0.3 is 21.3 Å². The Balaban J connectivity index is 0.00000514. The maximum atomic E-state index is 13.1. The number of anilines is 2. The van der Waals surface area contributed by atoms with Gasteiger partial charge in [-0.15, -0.1) is 12.4 Å². The molecule has 5 aromatic carbocycles. The smallest absolute Gasteiger partial charge is 0.255 e. The van der Waals surface area contributed by atoms with Crippen LogP contribution in [0.1, 0.15) is 96.1 Å². The summed E-state index contributed by atoms with van der Waals surface area (Å²) in [6.07, 6.45) is 12.2. The van der Waals surface area contributed by atoms with Crippen molar-refractivity contribution in [2.24, 2.45) is 9.98 Å². The first-order valence-corrected chi connectivity index (χ1v) is 19.3. The lowest BCUT2D eigenvalue weighted by Crippen LogP contribution is -2.36. The minimum absolute atomic E-state index is 0. The molecule has 0 unspecified atom stereocenters. The lowest BCUT2D eigenvalue weighted by Gasteiger charge is -2.24. The molecule has 4 N–H and O–H groups in total. The van der Waals surface area contributed by atoms with Gasteiger partial charge in [0.25, 0.3) is 11.8 Å². The molecule has 55 heavy (non-hydrogen) atoms. The zero-order chi connectivity index (χ0) is 37.0. The molecule has 2 amide bonds. The topological polar surface area (TPSA) is 107 Å². The van der Waals surface area contributed by atoms with Crippen molar-refractivity contribution >= 4 is 58.6 Å². The van der Waals surface area contributed by atoms with Gasteiger partial charge in [0.2, 0.25) is 0 Å². The highest BCUT2D eigenvalue weighted by Gasteiger charge is 2.18. The number of aliphatic imine (C=N–C) groups is 2. The van der Waals surface area contributed by atoms with Gasteiger partial charge >= 0.3 is 0 Å². The fraction of sp³-hybridized carbons (Fsp3) is 0.261. The second-order valence-corrected chi connectivity index (χ2v) is 14.2. The molecule has 5 aromatic rings. The Morgan fingerprint density at radius 2 is 0.764 bits per heavy atom. The maximum Gasteiger partial charge on any atom is 0.255 e. The Hall–Kier alpha value is -5.73. The van der Waals surface area contributed by atoms with E-state index in [1.807, 2.05) is 84.9 Å². The molecule has 8 nitrogen and oxygen atoms in total. The molecule has 0 aliphatic heterocycles. The third-order valence-electron chi connectivity index (χ3n) is 10.1. The SMILES string of the molecule is Cl.O=C(Nc1ccc(N=C(NC2CCCCC2)c2ccccc2)cc1)c1ccc(C(=O)Nc2ccc(N=C(NC3CCCCC3)c3ccccc3)cc2)cc1. The molecule has 7 rings (SSSR count). The van der Waals surface area contributed by atoms with Crippen LogP contribution in [0.25, 0.3) is 0 Å². The van der Waals surface area contributed by atoms with Gasteiger partial charge in [0.15, 0.2) is 0 Å². The second kappa shape index (κ2) is 19.6. The predicted octanol–water partition coefficient (Wildman–Crippen LogP) is 10.6. The number of carbonyl (C=O) groups is 2. The minimum atomic E-state index is -0.258. The van der Waals surface area contributed by atoms with Crippen molar-refractivity contribution in [2.45, 2.75) is 76.3 Å². The lowest BCUT2D eigenvalue weighted by molar-refractivity contribution is 0.101. The van der Waals surface area contributed by atoms with Gasteiger partial charge in [-0.2, -0.15) is 0 Å². The number of carbonyl (C=O) groups excluding carboxylic acids is 2. The summed E-state index contributed by atoms with van der Waals surface area (Å²) in [7, 11) is 0. The van der Waals surface area contributed by atoms with Crippen molar-refractivity contribution in [3.8, 4) is 0 Å². The Morgan fingerprint density at radius 1 is 0.418 bits per heavy atom. The fourth-order valence-corrected chi connectivity index (χ4v) is 7.11. The molecule has 2 fully saturated rings. The lowest BCUT2D eigenvalue weighted by atomic mass is 9.95. The van der Waals surface area contributed by atoms with E-state index in [2.05, 4.69) is 45.5 Å². The largest absolute Gasteiger partial charge is 0.367 e. The van der Waals surface area contributed by atoms with Crippen LogP contribution in [0.4, 0.5) is 22.7 Å². The van der Waals surface area contributed by atoms with Crippen LogP contribution in [0.3, 0.4) is 0 Å². The highest BCUT2D eigenvalue weighted by Crippen LogP contribution is 2.23. The number of amides is 2. The standard InChI is InChI=1S/C46H48N6O2.ClH/c53-45(51-41-29-25-39(26-30-41)49-43(33-13-5-1-6-14-33)47-37-17-9-3-10-18-37)35-21-23-36(24-22-35)46(54)52-42-31-27-40(28-32-42)50-44(34-15-7-2-8-16-34)48-38-19-11-4-12-20-38;/h1-2,5-8,13-16,21-32,37-38H,3-4,9-12,17-20H2,(H,47,49)(H,48,50)(H,51,53)(H,52,54);1H. The van der Waals surface area contributed by atoms with Crippen molar-refractivity contribution < 1.29 is 9.59 Å². The van der Waals surface area contributed by atoms with Crippen LogP contribution in [0.15, 0.2) is 143 Å². The van der Waals surface area contributed by atoms with Crippen LogP contribution in [0, 0.1) is 0 Å². The summed E-state index contributed by atoms with van der Waals surface area (Å²) in [5, 5.41) is 13.3. The highest BCUT2D eigenvalue weighted by atomic mass is 35.5. The van der Waals surface area contributed by atoms with E-state index in [4.69, 9.17) is 9.98 Å². The molecule has 282 valence electrons. The van der Waals surface area contributed by atoms with Crippen LogP contribution < -0.4 is 21.3 Å². The number of rotatable bonds is 10. The summed E-state index contributed by atoms with van der Waals surface area (Å²) in [6.45, 7) is 0.